The molecule has 9 nitrogen and oxygen atoms in total. The van der Waals surface area contributed by atoms with Crippen LogP contribution >= 0.6 is 11.6 Å². The lowest BCUT2D eigenvalue weighted by Crippen LogP contribution is -2.26. The molecule has 2 aromatic carbocycles. The fraction of sp³-hybridized carbons (Fsp3) is 0.286. The Balaban J connectivity index is 1.30. The number of aliphatic hydroxyl groups is 1. The van der Waals surface area contributed by atoms with Crippen molar-refractivity contribution in [1.29, 1.82) is 0 Å². The Bertz CT molecular complexity index is 1490. The van der Waals surface area contributed by atoms with Gasteiger partial charge in [-0.05, 0) is 66.6 Å². The quantitative estimate of drug-likeness (QED) is 0.240. The molecule has 5 rings (SSSR count). The summed E-state index contributed by atoms with van der Waals surface area (Å²) in [6.45, 7) is 0.869. The molecule has 1 saturated carbocycles. The largest absolute Gasteiger partial charge is 0.480 e. The van der Waals surface area contributed by atoms with Gasteiger partial charge < -0.3 is 20.5 Å². The zero-order valence-electron chi connectivity index (χ0n) is 21.5. The van der Waals surface area contributed by atoms with Crippen LogP contribution in [0.1, 0.15) is 53.1 Å². The van der Waals surface area contributed by atoms with Crippen molar-refractivity contribution < 1.29 is 20.8 Å². The summed E-state index contributed by atoms with van der Waals surface area (Å²) in [5, 5.41) is 24.5. The Morgan fingerprint density at radius 1 is 1.16 bits per heavy atom. The van der Waals surface area contributed by atoms with E-state index in [9.17, 15) is 14.7 Å². The van der Waals surface area contributed by atoms with Gasteiger partial charge in [0.05, 0.1) is 20.1 Å². The molecule has 1 aliphatic carbocycles. The zero-order valence-corrected chi connectivity index (χ0v) is 21.3. The first-order valence-corrected chi connectivity index (χ1v) is 12.7. The maximum Gasteiger partial charge on any atom is 0.272 e. The van der Waals surface area contributed by atoms with Gasteiger partial charge in [0.1, 0.15) is 5.56 Å². The molecule has 0 aliphatic heterocycles. The van der Waals surface area contributed by atoms with Crippen molar-refractivity contribution in [2.24, 2.45) is 5.92 Å². The maximum atomic E-state index is 13.0. The molecule has 4 N–H and O–H groups in total. The van der Waals surface area contributed by atoms with E-state index < -0.39 is 19.1 Å². The van der Waals surface area contributed by atoms with Crippen molar-refractivity contribution in [1.82, 2.24) is 25.8 Å². The molecular formula is C28H28ClN5O4. The third-order valence-electron chi connectivity index (χ3n) is 6.55. The Morgan fingerprint density at radius 2 is 1.97 bits per heavy atom. The van der Waals surface area contributed by atoms with Crippen LogP contribution in [0, 0.1) is 5.92 Å². The molecule has 2 aromatic heterocycles. The third-order valence-corrected chi connectivity index (χ3v) is 6.80. The molecule has 10 heteroatoms. The summed E-state index contributed by atoms with van der Waals surface area (Å²) < 4.78 is 12.7. The van der Waals surface area contributed by atoms with Gasteiger partial charge in [0.25, 0.3) is 11.8 Å². The van der Waals surface area contributed by atoms with Gasteiger partial charge in [-0.15, -0.1) is 0 Å². The molecule has 1 atom stereocenters. The number of hydrogen-bond acceptors (Lipinski definition) is 6. The predicted octanol–water partition coefficient (Wildman–Crippen LogP) is 4.28. The van der Waals surface area contributed by atoms with Crippen LogP contribution in [0.3, 0.4) is 0 Å². The van der Waals surface area contributed by atoms with Crippen molar-refractivity contribution in [2.75, 3.05) is 20.2 Å². The Morgan fingerprint density at radius 3 is 2.74 bits per heavy atom. The van der Waals surface area contributed by atoms with Crippen LogP contribution in [0.4, 0.5) is 0 Å². The average molecular weight is 535 g/mol. The second-order valence-electron chi connectivity index (χ2n) is 9.32. The Kier molecular flexibility index (Phi) is 7.19. The van der Waals surface area contributed by atoms with Gasteiger partial charge in [-0.1, -0.05) is 29.8 Å². The lowest BCUT2D eigenvalue weighted by atomic mass is 10.0. The van der Waals surface area contributed by atoms with Crippen LogP contribution < -0.4 is 15.4 Å². The summed E-state index contributed by atoms with van der Waals surface area (Å²) in [5.74, 6) is -0.0325. The highest BCUT2D eigenvalue weighted by atomic mass is 35.5. The van der Waals surface area contributed by atoms with E-state index >= 15 is 0 Å². The van der Waals surface area contributed by atoms with Gasteiger partial charge in [-0.3, -0.25) is 14.7 Å². The van der Waals surface area contributed by atoms with Gasteiger partial charge in [-0.25, -0.2) is 4.98 Å². The maximum absolute atomic E-state index is 13.0. The van der Waals surface area contributed by atoms with Crippen LogP contribution in [0.2, 0.25) is 5.02 Å². The standard InChI is InChI=1S/C28H28ClN5O4/c1-38-28-22(26(36)30-11-10-24(35)17-4-7-20(29)8-5-17)12-19(15-32-28)18-6-9-21-23(13-18)33-34-25(21)27(37)31-14-16-2-3-16/h4-9,12-13,15-16,24,35H,2-3,10-11,14H2,1H3,(H,30,36)(H,31,37)(H,33,34)/t24-/m0/s1/i1D. The van der Waals surface area contributed by atoms with Crippen molar-refractivity contribution in [3.8, 4) is 17.0 Å². The number of carbonyl (C=O) groups excluding carboxylic acids is 2. The van der Waals surface area contributed by atoms with E-state index in [1.54, 1.807) is 36.5 Å². The Hall–Kier alpha value is -3.95. The fourth-order valence-electron chi connectivity index (χ4n) is 4.17. The summed E-state index contributed by atoms with van der Waals surface area (Å²) in [6.07, 6.45) is 3.39. The summed E-state index contributed by atoms with van der Waals surface area (Å²) in [7, 11) is -0.395. The number of fused-ring (bicyclic) bond motifs is 1. The van der Waals surface area contributed by atoms with E-state index in [-0.39, 0.29) is 23.9 Å². The van der Waals surface area contributed by atoms with Crippen LogP contribution in [0.5, 0.6) is 5.88 Å². The van der Waals surface area contributed by atoms with Gasteiger partial charge in [0.2, 0.25) is 5.88 Å². The summed E-state index contributed by atoms with van der Waals surface area (Å²) in [4.78, 5) is 29.9. The minimum atomic E-state index is -0.766. The number of methoxy groups -OCH3 is 1. The molecule has 0 spiro atoms. The second-order valence-corrected chi connectivity index (χ2v) is 9.76. The molecular weight excluding hydrogens is 506 g/mol. The summed E-state index contributed by atoms with van der Waals surface area (Å²) in [6, 6.07) is 14.0. The SMILES string of the molecule is [2H]COc1ncc(-c2ccc3c(C(=O)NCC4CC4)n[nH]c3c2)cc1C(=O)NCC[C@H](O)c1ccc(Cl)cc1. The minimum absolute atomic E-state index is 0.0433. The van der Waals surface area contributed by atoms with Crippen molar-refractivity contribution in [2.45, 2.75) is 25.4 Å². The van der Waals surface area contributed by atoms with Crippen LogP contribution in [0.15, 0.2) is 54.7 Å². The molecule has 0 unspecified atom stereocenters. The van der Waals surface area contributed by atoms with E-state index in [4.69, 9.17) is 17.7 Å². The highest BCUT2D eigenvalue weighted by Crippen LogP contribution is 2.29. The molecule has 0 bridgehead atoms. The highest BCUT2D eigenvalue weighted by molar-refractivity contribution is 6.30. The first-order chi connectivity index (χ1) is 18.9. The number of aromatic nitrogens is 3. The minimum Gasteiger partial charge on any atom is -0.480 e. The molecule has 196 valence electrons. The number of nitrogens with zero attached hydrogens (tertiary/aromatic N) is 2. The van der Waals surface area contributed by atoms with E-state index in [1.165, 1.54) is 0 Å². The van der Waals surface area contributed by atoms with Crippen molar-refractivity contribution in [3.63, 3.8) is 0 Å². The van der Waals surface area contributed by atoms with E-state index in [2.05, 4.69) is 25.8 Å². The number of halogens is 1. The second kappa shape index (κ2) is 11.2. The molecule has 1 fully saturated rings. The third kappa shape index (κ3) is 5.79. The van der Waals surface area contributed by atoms with Crippen molar-refractivity contribution >= 4 is 34.3 Å². The number of nitrogens with one attached hydrogen (secondary N) is 3. The molecule has 1 aliphatic rings. The Labute approximate surface area is 226 Å². The first-order valence-electron chi connectivity index (χ1n) is 13.0. The molecule has 0 radical (unpaired) electrons. The number of aromatic amines is 1. The number of pyridine rings is 1. The number of rotatable bonds is 10. The number of aliphatic hydroxyl groups excluding tert-OH is 1. The monoisotopic (exact) mass is 534 g/mol. The van der Waals surface area contributed by atoms with Crippen molar-refractivity contribution in [3.05, 3.63) is 76.6 Å². The van der Waals surface area contributed by atoms with Gasteiger partial charge in [0, 0.05) is 35.3 Å². The lowest BCUT2D eigenvalue weighted by molar-refractivity contribution is 0.0933. The van der Waals surface area contributed by atoms with E-state index in [1.807, 2.05) is 18.2 Å². The molecule has 38 heavy (non-hydrogen) atoms. The number of benzene rings is 2. The molecule has 0 saturated heterocycles. The van der Waals surface area contributed by atoms with Gasteiger partial charge >= 0.3 is 0 Å². The number of ether oxygens (including phenoxy) is 1. The summed E-state index contributed by atoms with van der Waals surface area (Å²) in [5.41, 5.74) is 3.30. The zero-order chi connectivity index (χ0) is 27.4. The van der Waals surface area contributed by atoms with Crippen LogP contribution in [-0.4, -0.2) is 52.3 Å². The molecule has 2 amide bonds. The number of hydrogen-bond donors (Lipinski definition) is 4. The number of amides is 2. The molecule has 2 heterocycles. The fourth-order valence-corrected chi connectivity index (χ4v) is 4.30. The van der Waals surface area contributed by atoms with Crippen LogP contribution in [-0.2, 0) is 0 Å². The first kappa shape index (κ1) is 24.4. The number of H-pyrrole nitrogens is 1. The number of carbonyl (C=O) groups is 2. The summed E-state index contributed by atoms with van der Waals surface area (Å²) >= 11 is 5.90. The van der Waals surface area contributed by atoms with Gasteiger partial charge in [0.15, 0.2) is 5.69 Å². The van der Waals surface area contributed by atoms with E-state index in [0.717, 1.165) is 18.4 Å². The molecule has 4 aromatic rings. The average Bonchev–Trinajstić information content (AvgIpc) is 3.68. The predicted molar refractivity (Wildman–Crippen MR) is 144 cm³/mol. The lowest BCUT2D eigenvalue weighted by Gasteiger charge is -2.13. The topological polar surface area (TPSA) is 129 Å². The normalized spacial score (nSPS) is 14.1. The smallest absolute Gasteiger partial charge is 0.272 e. The van der Waals surface area contributed by atoms with E-state index in [0.29, 0.717) is 51.6 Å². The van der Waals surface area contributed by atoms with Crippen LogP contribution in [0.25, 0.3) is 22.0 Å². The van der Waals surface area contributed by atoms with Gasteiger partial charge in [-0.2, -0.15) is 5.10 Å². The highest BCUT2D eigenvalue weighted by Gasteiger charge is 2.23.